The van der Waals surface area contributed by atoms with Crippen molar-refractivity contribution in [3.05, 3.63) is 70.8 Å². The predicted molar refractivity (Wildman–Crippen MR) is 168 cm³/mol. The summed E-state index contributed by atoms with van der Waals surface area (Å²) in [4.78, 5) is 47.1. The lowest BCUT2D eigenvalue weighted by Gasteiger charge is -2.16. The Balaban J connectivity index is 1.53. The second-order valence-electron chi connectivity index (χ2n) is 10.4. The van der Waals surface area contributed by atoms with E-state index >= 15 is 0 Å². The molecule has 1 unspecified atom stereocenters. The van der Waals surface area contributed by atoms with Crippen LogP contribution in [0.3, 0.4) is 0 Å². The first kappa shape index (κ1) is 36.1. The Morgan fingerprint density at radius 1 is 1.00 bits per heavy atom. The zero-order valence-electron chi connectivity index (χ0n) is 26.6. The minimum absolute atomic E-state index is 0.00509. The van der Waals surface area contributed by atoms with Crippen LogP contribution in [0.2, 0.25) is 5.15 Å². The van der Waals surface area contributed by atoms with E-state index in [1.54, 1.807) is 11.5 Å². The maximum absolute atomic E-state index is 13.2. The van der Waals surface area contributed by atoms with E-state index in [2.05, 4.69) is 25.2 Å². The number of aryl methyl sites for hydroxylation is 1. The molecule has 256 valence electrons. The van der Waals surface area contributed by atoms with Crippen LogP contribution >= 0.6 is 11.6 Å². The SMILES string of the molecule is CCCCc1nc(Cl)c(C(=O)OC(C)OC(=O)OCC)n1Cc1ccc(-c2ccccc2-c2nnn(C(=O)CCCON(O)O)n2)cc1. The van der Waals surface area contributed by atoms with Gasteiger partial charge in [0.1, 0.15) is 5.82 Å². The summed E-state index contributed by atoms with van der Waals surface area (Å²) in [5.74, 6) is -0.382. The number of halogens is 1. The number of esters is 1. The smallest absolute Gasteiger partial charge is 0.435 e. The van der Waals surface area contributed by atoms with Gasteiger partial charge in [-0.25, -0.2) is 14.6 Å². The Kier molecular flexibility index (Phi) is 13.1. The fourth-order valence-corrected chi connectivity index (χ4v) is 4.95. The molecule has 0 aliphatic carbocycles. The van der Waals surface area contributed by atoms with Gasteiger partial charge in [0, 0.05) is 31.9 Å². The number of unbranched alkanes of at least 4 members (excludes halogenated alkanes) is 1. The molecule has 4 aromatic rings. The zero-order valence-corrected chi connectivity index (χ0v) is 27.4. The minimum atomic E-state index is -1.22. The van der Waals surface area contributed by atoms with Crippen molar-refractivity contribution < 1.29 is 43.8 Å². The van der Waals surface area contributed by atoms with Crippen molar-refractivity contribution in [2.45, 2.75) is 65.7 Å². The lowest BCUT2D eigenvalue weighted by atomic mass is 9.98. The van der Waals surface area contributed by atoms with Crippen molar-refractivity contribution in [2.75, 3.05) is 13.2 Å². The molecule has 48 heavy (non-hydrogen) atoms. The third-order valence-electron chi connectivity index (χ3n) is 6.90. The fraction of sp³-hybridized carbons (Fsp3) is 0.387. The highest BCUT2D eigenvalue weighted by molar-refractivity contribution is 6.32. The van der Waals surface area contributed by atoms with E-state index in [0.717, 1.165) is 34.3 Å². The molecule has 0 aliphatic rings. The maximum atomic E-state index is 13.2. The molecule has 0 spiro atoms. The second-order valence-corrected chi connectivity index (χ2v) is 10.7. The molecule has 0 fully saturated rings. The lowest BCUT2D eigenvalue weighted by molar-refractivity contribution is -0.492. The zero-order chi connectivity index (χ0) is 34.6. The Labute approximate surface area is 280 Å². The van der Waals surface area contributed by atoms with Crippen LogP contribution < -0.4 is 0 Å². The number of aromatic nitrogens is 6. The summed E-state index contributed by atoms with van der Waals surface area (Å²) in [6.45, 7) is 5.35. The fourth-order valence-electron chi connectivity index (χ4n) is 4.68. The van der Waals surface area contributed by atoms with Crippen molar-refractivity contribution in [3.63, 3.8) is 0 Å². The van der Waals surface area contributed by atoms with Crippen LogP contribution in [0.5, 0.6) is 0 Å². The molecule has 2 heterocycles. The maximum Gasteiger partial charge on any atom is 0.511 e. The van der Waals surface area contributed by atoms with E-state index in [-0.39, 0.29) is 49.3 Å². The minimum Gasteiger partial charge on any atom is -0.435 e. The predicted octanol–water partition coefficient (Wildman–Crippen LogP) is 5.36. The monoisotopic (exact) mass is 685 g/mol. The third-order valence-corrected chi connectivity index (χ3v) is 7.16. The van der Waals surface area contributed by atoms with Crippen LogP contribution in [0.1, 0.15) is 73.1 Å². The molecule has 4 rings (SSSR count). The van der Waals surface area contributed by atoms with E-state index in [1.807, 2.05) is 55.5 Å². The number of hydrogen-bond acceptors (Lipinski definition) is 14. The summed E-state index contributed by atoms with van der Waals surface area (Å²) >= 11 is 6.44. The highest BCUT2D eigenvalue weighted by atomic mass is 35.5. The van der Waals surface area contributed by atoms with Gasteiger partial charge in [0.15, 0.2) is 10.8 Å². The van der Waals surface area contributed by atoms with Crippen molar-refractivity contribution in [1.29, 1.82) is 0 Å². The molecule has 2 aromatic carbocycles. The van der Waals surface area contributed by atoms with Gasteiger partial charge in [0.25, 0.3) is 5.91 Å². The van der Waals surface area contributed by atoms with Crippen LogP contribution in [-0.2, 0) is 32.0 Å². The number of ether oxygens (including phenoxy) is 3. The van der Waals surface area contributed by atoms with Gasteiger partial charge in [0.05, 0.1) is 18.6 Å². The Hall–Kier alpha value is -4.74. The molecule has 1 atom stereocenters. The van der Waals surface area contributed by atoms with Crippen LogP contribution in [-0.4, -0.2) is 83.1 Å². The summed E-state index contributed by atoms with van der Waals surface area (Å²) in [6.07, 6.45) is 0.328. The van der Waals surface area contributed by atoms with Crippen LogP contribution in [0.15, 0.2) is 48.5 Å². The van der Waals surface area contributed by atoms with Crippen LogP contribution in [0.4, 0.5) is 4.79 Å². The molecule has 0 bridgehead atoms. The van der Waals surface area contributed by atoms with Gasteiger partial charge in [-0.05, 0) is 41.7 Å². The van der Waals surface area contributed by atoms with E-state index in [9.17, 15) is 14.4 Å². The Bertz CT molecular complexity index is 1690. The van der Waals surface area contributed by atoms with Crippen LogP contribution in [0, 0.1) is 0 Å². The Morgan fingerprint density at radius 2 is 1.73 bits per heavy atom. The van der Waals surface area contributed by atoms with E-state index in [4.69, 9.17) is 36.2 Å². The Morgan fingerprint density at radius 3 is 2.42 bits per heavy atom. The van der Waals surface area contributed by atoms with Gasteiger partial charge in [-0.1, -0.05) is 78.3 Å². The van der Waals surface area contributed by atoms with Gasteiger partial charge >= 0.3 is 12.1 Å². The van der Waals surface area contributed by atoms with Gasteiger partial charge in [-0.2, -0.15) is 0 Å². The largest absolute Gasteiger partial charge is 0.511 e. The molecule has 2 aromatic heterocycles. The third kappa shape index (κ3) is 9.65. The number of tetrazole rings is 1. The lowest BCUT2D eigenvalue weighted by Crippen LogP contribution is -2.24. The summed E-state index contributed by atoms with van der Waals surface area (Å²) < 4.78 is 16.7. The number of rotatable bonds is 16. The van der Waals surface area contributed by atoms with Gasteiger partial charge < -0.3 is 18.8 Å². The van der Waals surface area contributed by atoms with Gasteiger partial charge in [0.2, 0.25) is 12.1 Å². The van der Waals surface area contributed by atoms with E-state index in [0.29, 0.717) is 17.8 Å². The van der Waals surface area contributed by atoms with Crippen molar-refractivity contribution in [3.8, 4) is 22.5 Å². The van der Waals surface area contributed by atoms with Crippen molar-refractivity contribution in [2.24, 2.45) is 0 Å². The molecule has 0 radical (unpaired) electrons. The molecule has 2 N–H and O–H groups in total. The molecular formula is C31H36ClN7O9. The summed E-state index contributed by atoms with van der Waals surface area (Å²) in [5, 5.41) is 29.0. The molecule has 16 nitrogen and oxygen atoms in total. The van der Waals surface area contributed by atoms with E-state index in [1.165, 1.54) is 6.92 Å². The number of carbonyl (C=O) groups is 3. The number of hydrogen-bond donors (Lipinski definition) is 2. The summed E-state index contributed by atoms with van der Waals surface area (Å²) in [7, 11) is 0. The van der Waals surface area contributed by atoms with Crippen molar-refractivity contribution >= 4 is 29.6 Å². The summed E-state index contributed by atoms with van der Waals surface area (Å²) in [6, 6.07) is 15.0. The first-order valence-electron chi connectivity index (χ1n) is 15.2. The molecule has 0 aliphatic heterocycles. The molecular weight excluding hydrogens is 650 g/mol. The number of carbonyl (C=O) groups excluding carboxylic acids is 3. The molecule has 0 saturated heterocycles. The molecule has 17 heteroatoms. The van der Waals surface area contributed by atoms with Gasteiger partial charge in [-0.15, -0.1) is 10.2 Å². The molecule has 0 saturated carbocycles. The topological polar surface area (TPSA) is 193 Å². The van der Waals surface area contributed by atoms with Crippen LogP contribution in [0.25, 0.3) is 22.5 Å². The first-order valence-corrected chi connectivity index (χ1v) is 15.6. The molecule has 0 amide bonds. The van der Waals surface area contributed by atoms with E-state index < -0.39 is 29.7 Å². The van der Waals surface area contributed by atoms with Crippen molar-refractivity contribution in [1.82, 2.24) is 35.1 Å². The van der Waals surface area contributed by atoms with Gasteiger partial charge in [-0.3, -0.25) is 20.0 Å². The quantitative estimate of drug-likeness (QED) is 0.0662. The summed E-state index contributed by atoms with van der Waals surface area (Å²) in [5.41, 5.74) is 3.17. The number of imidazole rings is 1. The normalized spacial score (nSPS) is 11.8. The number of benzene rings is 2. The average Bonchev–Trinajstić information content (AvgIpc) is 3.67. The number of nitrogens with zero attached hydrogens (tertiary/aromatic N) is 7. The highest BCUT2D eigenvalue weighted by Gasteiger charge is 2.26. The average molecular weight is 686 g/mol. The highest BCUT2D eigenvalue weighted by Crippen LogP contribution is 2.30. The first-order chi connectivity index (χ1) is 23.1. The standard InChI is InChI=1S/C31H36ClN7O9/c1-4-6-12-25-33-28(32)27(30(41)47-20(3)48-31(42)45-5-2)37(25)19-21-14-16-22(17-15-21)23-10-7-8-11-24(23)29-34-36-38(35-29)26(40)13-9-18-46-39(43)44/h7-8,10-11,14-17,20,43-44H,4-6,9,12-13,18-19H2,1-3H3. The second kappa shape index (κ2) is 17.4.